The highest BCUT2D eigenvalue weighted by atomic mass is 35.5. The van der Waals surface area contributed by atoms with Crippen molar-refractivity contribution in [1.29, 1.82) is 0 Å². The van der Waals surface area contributed by atoms with Crippen molar-refractivity contribution in [3.05, 3.63) is 78.1 Å². The quantitative estimate of drug-likeness (QED) is 0.470. The van der Waals surface area contributed by atoms with E-state index in [0.717, 1.165) is 11.3 Å². The molecule has 0 aliphatic heterocycles. The second-order valence-corrected chi connectivity index (χ2v) is 7.27. The van der Waals surface area contributed by atoms with Crippen molar-refractivity contribution in [3.63, 3.8) is 0 Å². The van der Waals surface area contributed by atoms with E-state index in [9.17, 15) is 4.79 Å². The molecule has 0 saturated heterocycles. The van der Waals surface area contributed by atoms with Crippen molar-refractivity contribution in [2.24, 2.45) is 0 Å². The maximum atomic E-state index is 12.3. The van der Waals surface area contributed by atoms with Gasteiger partial charge in [0, 0.05) is 28.7 Å². The summed E-state index contributed by atoms with van der Waals surface area (Å²) >= 11 is 7.32. The van der Waals surface area contributed by atoms with Gasteiger partial charge in [0.2, 0.25) is 11.9 Å². The second kappa shape index (κ2) is 8.85. The zero-order valence-corrected chi connectivity index (χ0v) is 16.6. The Kier molecular flexibility index (Phi) is 5.83. The van der Waals surface area contributed by atoms with Gasteiger partial charge in [-0.3, -0.25) is 14.7 Å². The van der Waals surface area contributed by atoms with Gasteiger partial charge in [0.1, 0.15) is 0 Å². The van der Waals surface area contributed by atoms with Gasteiger partial charge in [-0.05, 0) is 30.3 Å². The number of carbonyl (C=O) groups excluding carboxylic acids is 1. The molecule has 0 aliphatic carbocycles. The van der Waals surface area contributed by atoms with E-state index < -0.39 is 0 Å². The molecule has 1 N–H and O–H groups in total. The van der Waals surface area contributed by atoms with E-state index in [1.165, 1.54) is 11.8 Å². The minimum Gasteiger partial charge on any atom is -0.294 e. The standard InChI is InChI=1S/C20H15ClN6OS/c21-15-7-9-16(10-8-15)27-18(14-5-2-1-3-6-14)25-26-20(27)29-13-17(28)24-19-22-11-4-12-23-19/h1-12H,13H2,(H,22,23,24,28). The first kappa shape index (κ1) is 19.1. The molecule has 2 aromatic carbocycles. The Morgan fingerprint density at radius 2 is 1.69 bits per heavy atom. The number of nitrogens with one attached hydrogen (secondary N) is 1. The minimum absolute atomic E-state index is 0.138. The third-order valence-electron chi connectivity index (χ3n) is 3.90. The van der Waals surface area contributed by atoms with E-state index in [1.807, 2.05) is 47.0 Å². The van der Waals surface area contributed by atoms with Crippen LogP contribution in [0.5, 0.6) is 0 Å². The van der Waals surface area contributed by atoms with Gasteiger partial charge in [0.15, 0.2) is 11.0 Å². The van der Waals surface area contributed by atoms with E-state index in [0.29, 0.717) is 16.0 Å². The minimum atomic E-state index is -0.229. The number of benzene rings is 2. The maximum absolute atomic E-state index is 12.3. The lowest BCUT2D eigenvalue weighted by Gasteiger charge is -2.10. The highest BCUT2D eigenvalue weighted by molar-refractivity contribution is 7.99. The summed E-state index contributed by atoms with van der Waals surface area (Å²) in [7, 11) is 0. The number of aromatic nitrogens is 5. The van der Waals surface area contributed by atoms with Crippen LogP contribution in [0.1, 0.15) is 0 Å². The van der Waals surface area contributed by atoms with Gasteiger partial charge in [-0.2, -0.15) is 0 Å². The van der Waals surface area contributed by atoms with Gasteiger partial charge < -0.3 is 0 Å². The third kappa shape index (κ3) is 4.61. The van der Waals surface area contributed by atoms with E-state index in [4.69, 9.17) is 11.6 Å². The Hall–Kier alpha value is -3.23. The van der Waals surface area contributed by atoms with Crippen LogP contribution in [0.25, 0.3) is 17.1 Å². The van der Waals surface area contributed by atoms with Crippen molar-refractivity contribution in [2.45, 2.75) is 5.16 Å². The normalized spacial score (nSPS) is 10.7. The Morgan fingerprint density at radius 3 is 2.41 bits per heavy atom. The van der Waals surface area contributed by atoms with Crippen LogP contribution in [-0.4, -0.2) is 36.4 Å². The van der Waals surface area contributed by atoms with E-state index in [1.54, 1.807) is 30.6 Å². The molecule has 4 aromatic rings. The van der Waals surface area contributed by atoms with Crippen LogP contribution in [0, 0.1) is 0 Å². The molecule has 0 fully saturated rings. The number of carbonyl (C=O) groups is 1. The van der Waals surface area contributed by atoms with Crippen LogP contribution in [0.15, 0.2) is 78.2 Å². The molecule has 0 bridgehead atoms. The molecule has 1 amide bonds. The van der Waals surface area contributed by atoms with Gasteiger partial charge in [-0.15, -0.1) is 10.2 Å². The van der Waals surface area contributed by atoms with Gasteiger partial charge in [0.05, 0.1) is 5.75 Å². The molecule has 0 unspecified atom stereocenters. The van der Waals surface area contributed by atoms with E-state index in [-0.39, 0.29) is 17.6 Å². The number of hydrogen-bond acceptors (Lipinski definition) is 6. The predicted octanol–water partition coefficient (Wildman–Crippen LogP) is 4.11. The monoisotopic (exact) mass is 422 g/mol. The molecule has 2 aromatic heterocycles. The highest BCUT2D eigenvalue weighted by Crippen LogP contribution is 2.28. The summed E-state index contributed by atoms with van der Waals surface area (Å²) in [5, 5.41) is 12.5. The number of halogens is 1. The summed E-state index contributed by atoms with van der Waals surface area (Å²) in [6.07, 6.45) is 3.14. The van der Waals surface area contributed by atoms with Gasteiger partial charge in [-0.25, -0.2) is 9.97 Å². The SMILES string of the molecule is O=C(CSc1nnc(-c2ccccc2)n1-c1ccc(Cl)cc1)Nc1ncccn1. The highest BCUT2D eigenvalue weighted by Gasteiger charge is 2.17. The number of amides is 1. The Labute approximate surface area is 176 Å². The van der Waals surface area contributed by atoms with Crippen LogP contribution in [0.3, 0.4) is 0 Å². The van der Waals surface area contributed by atoms with Crippen LogP contribution in [0.4, 0.5) is 5.95 Å². The Balaban J connectivity index is 1.60. The van der Waals surface area contributed by atoms with Crippen molar-refractivity contribution < 1.29 is 4.79 Å². The van der Waals surface area contributed by atoms with Gasteiger partial charge >= 0.3 is 0 Å². The summed E-state index contributed by atoms with van der Waals surface area (Å²) in [5.41, 5.74) is 1.77. The smallest absolute Gasteiger partial charge is 0.237 e. The molecule has 4 rings (SSSR count). The molecule has 0 atom stereocenters. The van der Waals surface area contributed by atoms with Crippen molar-refractivity contribution in [3.8, 4) is 17.1 Å². The molecule has 0 saturated carbocycles. The summed E-state index contributed by atoms with van der Waals surface area (Å²) in [6, 6.07) is 18.8. The zero-order chi connectivity index (χ0) is 20.1. The molecule has 0 aliphatic rings. The first-order chi connectivity index (χ1) is 14.2. The second-order valence-electron chi connectivity index (χ2n) is 5.89. The molecule has 144 valence electrons. The average Bonchev–Trinajstić information content (AvgIpc) is 3.18. The van der Waals surface area contributed by atoms with Crippen molar-refractivity contribution in [2.75, 3.05) is 11.1 Å². The number of hydrogen-bond donors (Lipinski definition) is 1. The summed E-state index contributed by atoms with van der Waals surface area (Å²) in [5.74, 6) is 0.858. The molecular weight excluding hydrogens is 408 g/mol. The Morgan fingerprint density at radius 1 is 0.966 bits per heavy atom. The Bertz CT molecular complexity index is 1100. The lowest BCUT2D eigenvalue weighted by Crippen LogP contribution is -2.16. The fourth-order valence-electron chi connectivity index (χ4n) is 2.62. The third-order valence-corrected chi connectivity index (χ3v) is 5.08. The topological polar surface area (TPSA) is 85.6 Å². The van der Waals surface area contributed by atoms with Crippen molar-refractivity contribution in [1.82, 2.24) is 24.7 Å². The fourth-order valence-corrected chi connectivity index (χ4v) is 3.49. The molecular formula is C20H15ClN6OS. The van der Waals surface area contributed by atoms with Crippen LogP contribution < -0.4 is 5.32 Å². The van der Waals surface area contributed by atoms with Crippen LogP contribution in [0.2, 0.25) is 5.02 Å². The first-order valence-electron chi connectivity index (χ1n) is 8.67. The number of rotatable bonds is 6. The van der Waals surface area contributed by atoms with Gasteiger partial charge in [0.25, 0.3) is 0 Å². The lowest BCUT2D eigenvalue weighted by molar-refractivity contribution is -0.113. The molecule has 0 radical (unpaired) electrons. The van der Waals surface area contributed by atoms with Crippen molar-refractivity contribution >= 4 is 35.2 Å². The fraction of sp³-hybridized carbons (Fsp3) is 0.0500. The summed E-state index contributed by atoms with van der Waals surface area (Å²) < 4.78 is 1.91. The summed E-state index contributed by atoms with van der Waals surface area (Å²) in [4.78, 5) is 20.3. The molecule has 0 spiro atoms. The van der Waals surface area contributed by atoms with Crippen LogP contribution >= 0.6 is 23.4 Å². The maximum Gasteiger partial charge on any atom is 0.237 e. The zero-order valence-electron chi connectivity index (χ0n) is 15.1. The lowest BCUT2D eigenvalue weighted by atomic mass is 10.2. The van der Waals surface area contributed by atoms with E-state index in [2.05, 4.69) is 25.5 Å². The van der Waals surface area contributed by atoms with E-state index >= 15 is 0 Å². The summed E-state index contributed by atoms with van der Waals surface area (Å²) in [6.45, 7) is 0. The average molecular weight is 423 g/mol. The molecule has 7 nitrogen and oxygen atoms in total. The molecule has 9 heteroatoms. The van der Waals surface area contributed by atoms with Gasteiger partial charge in [-0.1, -0.05) is 53.7 Å². The first-order valence-corrected chi connectivity index (χ1v) is 10.0. The molecule has 29 heavy (non-hydrogen) atoms. The largest absolute Gasteiger partial charge is 0.294 e. The number of thioether (sulfide) groups is 1. The number of nitrogens with zero attached hydrogens (tertiary/aromatic N) is 5. The van der Waals surface area contributed by atoms with Crippen LogP contribution in [-0.2, 0) is 4.79 Å². The number of anilines is 1. The predicted molar refractivity (Wildman–Crippen MR) is 113 cm³/mol. The molecule has 2 heterocycles.